The maximum Gasteiger partial charge on any atom is 0.0659 e. The molecule has 1 aliphatic carbocycles. The first-order valence-electron chi connectivity index (χ1n) is 6.30. The zero-order chi connectivity index (χ0) is 10.7. The molecule has 84 valence electrons. The monoisotopic (exact) mass is 206 g/mol. The van der Waals surface area contributed by atoms with Gasteiger partial charge in [0.2, 0.25) is 0 Å². The summed E-state index contributed by atoms with van der Waals surface area (Å²) in [6, 6.07) is 0. The van der Waals surface area contributed by atoms with Crippen LogP contribution in [0.15, 0.2) is 0 Å². The molecule has 0 aromatic carbocycles. The van der Waals surface area contributed by atoms with Crippen LogP contribution in [-0.4, -0.2) is 9.78 Å². The Morgan fingerprint density at radius 1 is 0.933 bits per heavy atom. The first kappa shape index (κ1) is 10.7. The van der Waals surface area contributed by atoms with Crippen LogP contribution in [0.4, 0.5) is 0 Å². The molecular formula is C13H22N2. The molecule has 0 fully saturated rings. The van der Waals surface area contributed by atoms with E-state index in [4.69, 9.17) is 0 Å². The van der Waals surface area contributed by atoms with E-state index in [9.17, 15) is 0 Å². The lowest BCUT2D eigenvalue weighted by Gasteiger charge is -2.07. The molecule has 0 unspecified atom stereocenters. The fourth-order valence-corrected chi connectivity index (χ4v) is 2.55. The Hall–Kier alpha value is -0.790. The molecule has 0 amide bonds. The van der Waals surface area contributed by atoms with Gasteiger partial charge in [-0.25, -0.2) is 0 Å². The molecule has 0 aliphatic heterocycles. The Morgan fingerprint density at radius 2 is 1.53 bits per heavy atom. The highest BCUT2D eigenvalue weighted by Crippen LogP contribution is 2.21. The minimum absolute atomic E-state index is 1.19. The summed E-state index contributed by atoms with van der Waals surface area (Å²) in [4.78, 5) is 0. The molecule has 1 aliphatic rings. The second-order valence-electron chi connectivity index (χ2n) is 4.76. The Kier molecular flexibility index (Phi) is 3.45. The lowest BCUT2D eigenvalue weighted by Crippen LogP contribution is -1.97. The van der Waals surface area contributed by atoms with Gasteiger partial charge in [0, 0.05) is 12.7 Å². The normalized spacial score (nSPS) is 18.5. The molecule has 0 bridgehead atoms. The molecule has 2 rings (SSSR count). The number of hydrogen-bond donors (Lipinski definition) is 0. The second-order valence-corrected chi connectivity index (χ2v) is 4.76. The Labute approximate surface area is 92.7 Å². The Bertz CT molecular complexity index is 326. The van der Waals surface area contributed by atoms with Gasteiger partial charge in [0.1, 0.15) is 0 Å². The topological polar surface area (TPSA) is 17.8 Å². The van der Waals surface area contributed by atoms with E-state index in [1.165, 1.54) is 62.8 Å². The number of aryl methyl sites for hydroxylation is 2. The second kappa shape index (κ2) is 4.82. The van der Waals surface area contributed by atoms with Crippen molar-refractivity contribution in [1.29, 1.82) is 0 Å². The maximum absolute atomic E-state index is 4.64. The summed E-state index contributed by atoms with van der Waals surface area (Å²) in [5.74, 6) is 0. The van der Waals surface area contributed by atoms with Gasteiger partial charge in [0.05, 0.1) is 5.69 Å². The van der Waals surface area contributed by atoms with Crippen LogP contribution >= 0.6 is 0 Å². The number of aromatic nitrogens is 2. The molecule has 2 heteroatoms. The van der Waals surface area contributed by atoms with E-state index in [-0.39, 0.29) is 0 Å². The zero-order valence-electron chi connectivity index (χ0n) is 10.1. The summed E-state index contributed by atoms with van der Waals surface area (Å²) in [7, 11) is 2.07. The number of hydrogen-bond acceptors (Lipinski definition) is 1. The van der Waals surface area contributed by atoms with Crippen LogP contribution in [0.2, 0.25) is 0 Å². The van der Waals surface area contributed by atoms with Crippen molar-refractivity contribution in [3.8, 4) is 0 Å². The van der Waals surface area contributed by atoms with Crippen LogP contribution in [0.25, 0.3) is 0 Å². The molecule has 1 aromatic rings. The van der Waals surface area contributed by atoms with Crippen molar-refractivity contribution in [2.45, 2.75) is 58.3 Å². The van der Waals surface area contributed by atoms with Crippen LogP contribution in [0.3, 0.4) is 0 Å². The summed E-state index contributed by atoms with van der Waals surface area (Å²) < 4.78 is 2.06. The SMILES string of the molecule is Cc1c2c(nn1C)CCCCCCCC2. The Balaban J connectivity index is 2.19. The van der Waals surface area contributed by atoms with E-state index in [0.29, 0.717) is 0 Å². The number of fused-ring (bicyclic) bond motifs is 1. The van der Waals surface area contributed by atoms with Crippen LogP contribution in [0.1, 0.15) is 55.5 Å². The molecule has 0 spiro atoms. The fourth-order valence-electron chi connectivity index (χ4n) is 2.55. The minimum atomic E-state index is 1.19. The number of nitrogens with zero attached hydrogens (tertiary/aromatic N) is 2. The molecule has 2 nitrogen and oxygen atoms in total. The molecular weight excluding hydrogens is 184 g/mol. The van der Waals surface area contributed by atoms with Crippen molar-refractivity contribution in [3.63, 3.8) is 0 Å². The lowest BCUT2D eigenvalue weighted by atomic mass is 9.98. The van der Waals surface area contributed by atoms with Crippen molar-refractivity contribution in [3.05, 3.63) is 17.0 Å². The molecule has 0 atom stereocenters. The van der Waals surface area contributed by atoms with Crippen LogP contribution < -0.4 is 0 Å². The zero-order valence-corrected chi connectivity index (χ0v) is 10.1. The van der Waals surface area contributed by atoms with Crippen LogP contribution in [0, 0.1) is 6.92 Å². The summed E-state index contributed by atoms with van der Waals surface area (Å²) in [6.45, 7) is 2.21. The summed E-state index contributed by atoms with van der Waals surface area (Å²) in [6.07, 6.45) is 10.7. The quantitative estimate of drug-likeness (QED) is 0.637. The van der Waals surface area contributed by atoms with Gasteiger partial charge in [-0.1, -0.05) is 25.7 Å². The molecule has 0 saturated carbocycles. The van der Waals surface area contributed by atoms with Crippen molar-refractivity contribution in [2.75, 3.05) is 0 Å². The van der Waals surface area contributed by atoms with Crippen molar-refractivity contribution in [2.24, 2.45) is 7.05 Å². The van der Waals surface area contributed by atoms with E-state index in [2.05, 4.69) is 23.8 Å². The third-order valence-electron chi connectivity index (χ3n) is 3.63. The van der Waals surface area contributed by atoms with Crippen molar-refractivity contribution in [1.82, 2.24) is 9.78 Å². The van der Waals surface area contributed by atoms with Gasteiger partial charge in [-0.2, -0.15) is 5.10 Å². The van der Waals surface area contributed by atoms with Gasteiger partial charge < -0.3 is 0 Å². The standard InChI is InChI=1S/C13H22N2/c1-11-12-9-7-5-3-4-6-8-10-13(12)14-15(11)2/h3-10H2,1-2H3. The minimum Gasteiger partial charge on any atom is -0.272 e. The van der Waals surface area contributed by atoms with Crippen molar-refractivity contribution < 1.29 is 0 Å². The van der Waals surface area contributed by atoms with Gasteiger partial charge in [-0.3, -0.25) is 4.68 Å². The first-order valence-corrected chi connectivity index (χ1v) is 6.30. The Morgan fingerprint density at radius 3 is 2.27 bits per heavy atom. The summed E-state index contributed by atoms with van der Waals surface area (Å²) in [5, 5.41) is 4.64. The van der Waals surface area contributed by atoms with Crippen molar-refractivity contribution >= 4 is 0 Å². The smallest absolute Gasteiger partial charge is 0.0659 e. The van der Waals surface area contributed by atoms with Crippen LogP contribution in [0.5, 0.6) is 0 Å². The fraction of sp³-hybridized carbons (Fsp3) is 0.769. The van der Waals surface area contributed by atoms with Gasteiger partial charge in [0.25, 0.3) is 0 Å². The van der Waals surface area contributed by atoms with Gasteiger partial charge >= 0.3 is 0 Å². The van der Waals surface area contributed by atoms with Gasteiger partial charge in [0.15, 0.2) is 0 Å². The first-order chi connectivity index (χ1) is 7.29. The largest absolute Gasteiger partial charge is 0.272 e. The average molecular weight is 206 g/mol. The lowest BCUT2D eigenvalue weighted by molar-refractivity contribution is 0.577. The summed E-state index contributed by atoms with van der Waals surface area (Å²) in [5.41, 5.74) is 4.29. The molecule has 0 N–H and O–H groups in total. The van der Waals surface area contributed by atoms with E-state index < -0.39 is 0 Å². The van der Waals surface area contributed by atoms with E-state index >= 15 is 0 Å². The van der Waals surface area contributed by atoms with E-state index in [1.807, 2.05) is 0 Å². The molecule has 0 saturated heterocycles. The predicted molar refractivity (Wildman–Crippen MR) is 63.1 cm³/mol. The average Bonchev–Trinajstić information content (AvgIpc) is 2.51. The highest BCUT2D eigenvalue weighted by molar-refractivity contribution is 5.25. The highest BCUT2D eigenvalue weighted by Gasteiger charge is 2.12. The van der Waals surface area contributed by atoms with Crippen LogP contribution in [-0.2, 0) is 19.9 Å². The summed E-state index contributed by atoms with van der Waals surface area (Å²) >= 11 is 0. The molecule has 1 aromatic heterocycles. The predicted octanol–water partition coefficient (Wildman–Crippen LogP) is 3.17. The van der Waals surface area contributed by atoms with E-state index in [0.717, 1.165) is 0 Å². The number of rotatable bonds is 0. The highest BCUT2D eigenvalue weighted by atomic mass is 15.3. The third-order valence-corrected chi connectivity index (χ3v) is 3.63. The van der Waals surface area contributed by atoms with Gasteiger partial charge in [-0.15, -0.1) is 0 Å². The molecule has 1 heterocycles. The third kappa shape index (κ3) is 2.42. The maximum atomic E-state index is 4.64. The molecule has 0 radical (unpaired) electrons. The molecule has 15 heavy (non-hydrogen) atoms. The van der Waals surface area contributed by atoms with E-state index in [1.54, 1.807) is 5.56 Å². The van der Waals surface area contributed by atoms with Gasteiger partial charge in [-0.05, 0) is 38.2 Å².